The van der Waals surface area contributed by atoms with Crippen LogP contribution in [0.3, 0.4) is 0 Å². The third-order valence-electron chi connectivity index (χ3n) is 3.80. The molecule has 7 heteroatoms. The molecule has 27 heavy (non-hydrogen) atoms. The van der Waals surface area contributed by atoms with Gasteiger partial charge in [-0.05, 0) is 55.8 Å². The Morgan fingerprint density at radius 2 is 1.85 bits per heavy atom. The fourth-order valence-corrected chi connectivity index (χ4v) is 3.31. The van der Waals surface area contributed by atoms with Gasteiger partial charge in [0, 0.05) is 22.0 Å². The van der Waals surface area contributed by atoms with E-state index in [1.165, 1.54) is 0 Å². The summed E-state index contributed by atoms with van der Waals surface area (Å²) in [5.74, 6) is 0.583. The van der Waals surface area contributed by atoms with Gasteiger partial charge in [0.2, 0.25) is 0 Å². The molecule has 0 N–H and O–H groups in total. The average Bonchev–Trinajstić information content (AvgIpc) is 2.63. The highest BCUT2D eigenvalue weighted by Crippen LogP contribution is 2.37. The van der Waals surface area contributed by atoms with Crippen molar-refractivity contribution in [3.8, 4) is 11.5 Å². The number of nitrogens with zero attached hydrogens (tertiary/aromatic N) is 1. The van der Waals surface area contributed by atoms with Gasteiger partial charge in [-0.1, -0.05) is 39.1 Å². The SMILES string of the molecule is Cc1ccc2c(Cl)cc(Cl)c(OC(=O)CCCOc3ccc(Br)cc3)c2n1. The summed E-state index contributed by atoms with van der Waals surface area (Å²) in [5, 5.41) is 1.41. The van der Waals surface area contributed by atoms with E-state index in [-0.39, 0.29) is 17.2 Å². The molecule has 0 saturated heterocycles. The number of carbonyl (C=O) groups is 1. The highest BCUT2D eigenvalue weighted by Gasteiger charge is 2.16. The zero-order valence-electron chi connectivity index (χ0n) is 14.5. The maximum Gasteiger partial charge on any atom is 0.311 e. The second kappa shape index (κ2) is 8.91. The number of ether oxygens (including phenoxy) is 2. The summed E-state index contributed by atoms with van der Waals surface area (Å²) in [6, 6.07) is 12.7. The van der Waals surface area contributed by atoms with Gasteiger partial charge in [-0.3, -0.25) is 4.79 Å². The zero-order valence-corrected chi connectivity index (χ0v) is 17.6. The van der Waals surface area contributed by atoms with E-state index in [9.17, 15) is 4.79 Å². The lowest BCUT2D eigenvalue weighted by atomic mass is 10.2. The monoisotopic (exact) mass is 467 g/mol. The first-order valence-corrected chi connectivity index (χ1v) is 9.83. The van der Waals surface area contributed by atoms with Crippen LogP contribution in [0, 0.1) is 6.92 Å². The quantitative estimate of drug-likeness (QED) is 0.239. The number of hydrogen-bond acceptors (Lipinski definition) is 4. The first-order chi connectivity index (χ1) is 12.9. The molecular weight excluding hydrogens is 453 g/mol. The Kier molecular flexibility index (Phi) is 6.58. The van der Waals surface area contributed by atoms with Crippen LogP contribution in [0.25, 0.3) is 10.9 Å². The molecule has 0 amide bonds. The van der Waals surface area contributed by atoms with E-state index in [0.29, 0.717) is 29.0 Å². The highest BCUT2D eigenvalue weighted by molar-refractivity contribution is 9.10. The van der Waals surface area contributed by atoms with Crippen LogP contribution in [0.15, 0.2) is 46.9 Å². The van der Waals surface area contributed by atoms with Crippen molar-refractivity contribution in [2.45, 2.75) is 19.8 Å². The third kappa shape index (κ3) is 5.12. The minimum absolute atomic E-state index is 0.197. The van der Waals surface area contributed by atoms with Crippen molar-refractivity contribution in [2.75, 3.05) is 6.61 Å². The highest BCUT2D eigenvalue weighted by atomic mass is 79.9. The molecule has 2 aromatic carbocycles. The Bertz CT molecular complexity index is 977. The second-order valence-corrected chi connectivity index (χ2v) is 7.63. The van der Waals surface area contributed by atoms with Gasteiger partial charge in [-0.15, -0.1) is 0 Å². The van der Waals surface area contributed by atoms with E-state index in [1.54, 1.807) is 6.07 Å². The number of benzene rings is 2. The Morgan fingerprint density at radius 3 is 2.59 bits per heavy atom. The van der Waals surface area contributed by atoms with Gasteiger partial charge in [0.05, 0.1) is 16.7 Å². The molecule has 0 aliphatic rings. The summed E-state index contributed by atoms with van der Waals surface area (Å²) in [7, 11) is 0. The van der Waals surface area contributed by atoms with Gasteiger partial charge in [0.25, 0.3) is 0 Å². The molecule has 3 aromatic rings. The Morgan fingerprint density at radius 1 is 1.11 bits per heavy atom. The van der Waals surface area contributed by atoms with Crippen molar-refractivity contribution in [3.63, 3.8) is 0 Å². The van der Waals surface area contributed by atoms with Crippen LogP contribution in [-0.2, 0) is 4.79 Å². The van der Waals surface area contributed by atoms with Gasteiger partial charge in [-0.2, -0.15) is 0 Å². The van der Waals surface area contributed by atoms with E-state index in [0.717, 1.165) is 15.9 Å². The van der Waals surface area contributed by atoms with Gasteiger partial charge < -0.3 is 9.47 Å². The van der Waals surface area contributed by atoms with E-state index < -0.39 is 5.97 Å². The van der Waals surface area contributed by atoms with Crippen molar-refractivity contribution < 1.29 is 14.3 Å². The molecule has 0 saturated carbocycles. The normalized spacial score (nSPS) is 10.8. The fourth-order valence-electron chi connectivity index (χ4n) is 2.49. The van der Waals surface area contributed by atoms with Crippen LogP contribution in [0.5, 0.6) is 11.5 Å². The number of fused-ring (bicyclic) bond motifs is 1. The number of aryl methyl sites for hydroxylation is 1. The van der Waals surface area contributed by atoms with Crippen molar-refractivity contribution in [3.05, 3.63) is 62.7 Å². The molecule has 140 valence electrons. The van der Waals surface area contributed by atoms with Gasteiger partial charge >= 0.3 is 5.97 Å². The number of halogens is 3. The summed E-state index contributed by atoms with van der Waals surface area (Å²) in [4.78, 5) is 16.6. The predicted octanol–water partition coefficient (Wildman–Crippen LogP) is 6.38. The topological polar surface area (TPSA) is 48.4 Å². The number of esters is 1. The van der Waals surface area contributed by atoms with Gasteiger partial charge in [0.15, 0.2) is 5.75 Å². The van der Waals surface area contributed by atoms with Crippen LogP contribution in [0.2, 0.25) is 10.0 Å². The van der Waals surface area contributed by atoms with E-state index >= 15 is 0 Å². The smallest absolute Gasteiger partial charge is 0.311 e. The lowest BCUT2D eigenvalue weighted by Gasteiger charge is -2.11. The molecular formula is C20H16BrCl2NO3. The van der Waals surface area contributed by atoms with Crippen LogP contribution < -0.4 is 9.47 Å². The van der Waals surface area contributed by atoms with Crippen LogP contribution in [-0.4, -0.2) is 17.6 Å². The van der Waals surface area contributed by atoms with Crippen molar-refractivity contribution >= 4 is 56.0 Å². The summed E-state index contributed by atoms with van der Waals surface area (Å²) in [6.07, 6.45) is 0.716. The number of carbonyl (C=O) groups excluding carboxylic acids is 1. The lowest BCUT2D eigenvalue weighted by Crippen LogP contribution is -2.11. The van der Waals surface area contributed by atoms with Crippen molar-refractivity contribution in [2.24, 2.45) is 0 Å². The van der Waals surface area contributed by atoms with E-state index in [1.807, 2.05) is 43.3 Å². The molecule has 1 aromatic heterocycles. The molecule has 0 unspecified atom stereocenters. The number of rotatable bonds is 6. The first-order valence-electron chi connectivity index (χ1n) is 8.28. The predicted molar refractivity (Wildman–Crippen MR) is 111 cm³/mol. The zero-order chi connectivity index (χ0) is 19.4. The summed E-state index contributed by atoms with van der Waals surface area (Å²) in [6.45, 7) is 2.25. The maximum absolute atomic E-state index is 12.2. The molecule has 0 fully saturated rings. The van der Waals surface area contributed by atoms with Gasteiger partial charge in [0.1, 0.15) is 11.3 Å². The molecule has 0 aliphatic carbocycles. The van der Waals surface area contributed by atoms with Crippen molar-refractivity contribution in [1.29, 1.82) is 0 Å². The molecule has 4 nitrogen and oxygen atoms in total. The third-order valence-corrected chi connectivity index (χ3v) is 4.92. The molecule has 0 radical (unpaired) electrons. The molecule has 3 rings (SSSR count). The van der Waals surface area contributed by atoms with Crippen molar-refractivity contribution in [1.82, 2.24) is 4.98 Å². The standard InChI is InChI=1S/C20H16BrCl2NO3/c1-12-4-9-15-16(22)11-17(23)20(19(15)24-12)27-18(25)3-2-10-26-14-7-5-13(21)6-8-14/h4-9,11H,2-3,10H2,1H3. The summed E-state index contributed by atoms with van der Waals surface area (Å²) < 4.78 is 12.1. The Labute approximate surface area is 175 Å². The lowest BCUT2D eigenvalue weighted by molar-refractivity contribution is -0.134. The largest absolute Gasteiger partial charge is 0.494 e. The molecule has 0 spiro atoms. The van der Waals surface area contributed by atoms with Crippen LogP contribution >= 0.6 is 39.1 Å². The van der Waals surface area contributed by atoms with Gasteiger partial charge in [-0.25, -0.2) is 4.98 Å². The second-order valence-electron chi connectivity index (χ2n) is 5.90. The van der Waals surface area contributed by atoms with E-state index in [2.05, 4.69) is 20.9 Å². The molecule has 1 heterocycles. The number of aromatic nitrogens is 1. The molecule has 0 aliphatic heterocycles. The minimum atomic E-state index is -0.400. The molecule has 0 bridgehead atoms. The van der Waals surface area contributed by atoms with Crippen LogP contribution in [0.4, 0.5) is 0 Å². The number of hydrogen-bond donors (Lipinski definition) is 0. The minimum Gasteiger partial charge on any atom is -0.494 e. The average molecular weight is 469 g/mol. The summed E-state index contributed by atoms with van der Waals surface area (Å²) in [5.41, 5.74) is 1.26. The summed E-state index contributed by atoms with van der Waals surface area (Å²) >= 11 is 15.8. The Balaban J connectivity index is 1.62. The Hall–Kier alpha value is -1.82. The first kappa shape index (κ1) is 19.9. The maximum atomic E-state index is 12.2. The fraction of sp³-hybridized carbons (Fsp3) is 0.200. The molecule has 0 atom stereocenters. The van der Waals surface area contributed by atoms with Crippen LogP contribution in [0.1, 0.15) is 18.5 Å². The number of pyridine rings is 1. The van der Waals surface area contributed by atoms with E-state index in [4.69, 9.17) is 32.7 Å².